The lowest BCUT2D eigenvalue weighted by molar-refractivity contribution is 0.400. The number of isothiocyanates is 1. The molecule has 0 amide bonds. The molecule has 2 aliphatic heterocycles. The van der Waals surface area contributed by atoms with Crippen LogP contribution in [0.2, 0.25) is 0 Å². The first-order valence-corrected chi connectivity index (χ1v) is 18.1. The first kappa shape index (κ1) is 35.5. The van der Waals surface area contributed by atoms with E-state index in [9.17, 15) is 0 Å². The molecule has 7 aromatic rings. The van der Waals surface area contributed by atoms with Gasteiger partial charge >= 0.3 is 0 Å². The summed E-state index contributed by atoms with van der Waals surface area (Å²) < 4.78 is 7.17. The van der Waals surface area contributed by atoms with Crippen LogP contribution in [-0.4, -0.2) is 65.3 Å². The first-order valence-electron chi connectivity index (χ1n) is 17.3. The van der Waals surface area contributed by atoms with E-state index in [4.69, 9.17) is 17.0 Å². The van der Waals surface area contributed by atoms with Gasteiger partial charge in [-0.2, -0.15) is 15.2 Å². The Kier molecular flexibility index (Phi) is 11.5. The lowest BCUT2D eigenvalue weighted by Gasteiger charge is -2.31. The Hall–Kier alpha value is -5.85. The molecule has 6 heterocycles. The van der Waals surface area contributed by atoms with Crippen molar-refractivity contribution in [1.29, 1.82) is 0 Å². The van der Waals surface area contributed by atoms with Gasteiger partial charge < -0.3 is 20.3 Å². The van der Waals surface area contributed by atoms with Crippen LogP contribution in [-0.2, 0) is 32.5 Å². The summed E-state index contributed by atoms with van der Waals surface area (Å²) in [5, 5.41) is 23.6. The van der Waals surface area contributed by atoms with Gasteiger partial charge in [-0.1, -0.05) is 48.5 Å². The van der Waals surface area contributed by atoms with Gasteiger partial charge in [-0.15, -0.1) is 0 Å². The number of fused-ring (bicyclic) bond motifs is 6. The number of rotatable bonds is 5. The number of methoxy groups -OCH3 is 1. The zero-order valence-electron chi connectivity index (χ0n) is 29.2. The summed E-state index contributed by atoms with van der Waals surface area (Å²) in [5.41, 5.74) is 10.1. The normalized spacial score (nSPS) is 13.0. The molecule has 2 aliphatic rings. The van der Waals surface area contributed by atoms with E-state index in [1.54, 1.807) is 7.11 Å². The number of anilines is 1. The Bertz CT molecular complexity index is 2350. The Morgan fingerprint density at radius 3 is 2.42 bits per heavy atom. The van der Waals surface area contributed by atoms with Gasteiger partial charge in [0.15, 0.2) is 16.4 Å². The number of H-pyrrole nitrogens is 1. The number of benzene rings is 3. The first-order chi connectivity index (χ1) is 26.1. The van der Waals surface area contributed by atoms with Gasteiger partial charge in [0.05, 0.1) is 36.9 Å². The molecule has 53 heavy (non-hydrogen) atoms. The van der Waals surface area contributed by atoms with E-state index >= 15 is 0 Å². The third kappa shape index (κ3) is 8.62. The number of aromatic amines is 1. The van der Waals surface area contributed by atoms with Crippen molar-refractivity contribution in [3.63, 3.8) is 0 Å². The molecule has 0 saturated heterocycles. The molecule has 13 heteroatoms. The molecule has 0 bridgehead atoms. The van der Waals surface area contributed by atoms with Crippen LogP contribution in [0.4, 0.5) is 11.4 Å². The zero-order valence-corrected chi connectivity index (χ0v) is 30.8. The van der Waals surface area contributed by atoms with Gasteiger partial charge in [-0.05, 0) is 108 Å². The number of nitrogens with one attached hydrogen (secondary N) is 3. The number of aliphatic imine (C=N–C) groups is 1. The molecule has 0 aliphatic carbocycles. The Morgan fingerprint density at radius 2 is 1.64 bits per heavy atom. The number of hydrogen-bond donors (Lipinski definition) is 3. The number of nitrogens with zero attached hydrogens (tertiary/aromatic N) is 7. The van der Waals surface area contributed by atoms with Gasteiger partial charge in [0.25, 0.3) is 0 Å². The van der Waals surface area contributed by atoms with Crippen molar-refractivity contribution in [3.8, 4) is 5.75 Å². The molecule has 0 fully saturated rings. The van der Waals surface area contributed by atoms with Gasteiger partial charge in [0, 0.05) is 48.5 Å². The van der Waals surface area contributed by atoms with Crippen LogP contribution in [0, 0.1) is 0 Å². The Balaban J connectivity index is 0.000000134. The van der Waals surface area contributed by atoms with E-state index in [0.717, 1.165) is 84.5 Å². The van der Waals surface area contributed by atoms with Gasteiger partial charge in [-0.3, -0.25) is 5.10 Å². The fourth-order valence-electron chi connectivity index (χ4n) is 6.43. The molecular weight excluding hydrogens is 701 g/mol. The van der Waals surface area contributed by atoms with E-state index in [1.165, 1.54) is 33.2 Å². The molecule has 11 nitrogen and oxygen atoms in total. The minimum atomic E-state index is 0.720. The Labute approximate surface area is 318 Å². The molecular formula is C40H38N10OS2. The van der Waals surface area contributed by atoms with Crippen LogP contribution in [0.5, 0.6) is 5.75 Å². The summed E-state index contributed by atoms with van der Waals surface area (Å²) in [7, 11) is 1.68. The minimum absolute atomic E-state index is 0.720. The smallest absolute Gasteiger partial charge is 0.173 e. The molecule has 3 N–H and O–H groups in total. The average Bonchev–Trinajstić information content (AvgIpc) is 3.87. The van der Waals surface area contributed by atoms with Gasteiger partial charge in [0.2, 0.25) is 0 Å². The van der Waals surface area contributed by atoms with Crippen molar-refractivity contribution in [2.75, 3.05) is 25.5 Å². The highest BCUT2D eigenvalue weighted by atomic mass is 32.1. The van der Waals surface area contributed by atoms with E-state index < -0.39 is 0 Å². The fraction of sp³-hybridized carbons (Fsp3) is 0.200. The summed E-state index contributed by atoms with van der Waals surface area (Å²) in [6, 6.07) is 27.6. The number of thiocarbonyl (C=S) groups is 2. The van der Waals surface area contributed by atoms with E-state index in [-0.39, 0.29) is 0 Å². The molecule has 9 rings (SSSR count). The van der Waals surface area contributed by atoms with Gasteiger partial charge in [-0.25, -0.2) is 14.6 Å². The quantitative estimate of drug-likeness (QED) is 0.123. The highest BCUT2D eigenvalue weighted by Crippen LogP contribution is 2.26. The zero-order chi connectivity index (χ0) is 36.4. The van der Waals surface area contributed by atoms with Crippen molar-refractivity contribution < 1.29 is 4.74 Å². The SMILES string of the molecule is COc1ccc(Cn2ncc3c4c(cnc32)CNCC4)cc1.S=C(Nc1ccccc1)N1CCc2c(cnc3[nH]ncc23)C1.S=C=Nc1ccccc1. The summed E-state index contributed by atoms with van der Waals surface area (Å²) in [5.74, 6) is 0.869. The number of aromatic nitrogens is 6. The molecule has 4 aromatic heterocycles. The minimum Gasteiger partial charge on any atom is -0.497 e. The number of para-hydroxylation sites is 2. The highest BCUT2D eigenvalue weighted by molar-refractivity contribution is 7.80. The van der Waals surface area contributed by atoms with E-state index in [0.29, 0.717) is 0 Å². The van der Waals surface area contributed by atoms with Crippen LogP contribution >= 0.6 is 24.4 Å². The van der Waals surface area contributed by atoms with Crippen LogP contribution in [0.1, 0.15) is 27.8 Å². The largest absolute Gasteiger partial charge is 0.497 e. The maximum absolute atomic E-state index is 5.54. The molecule has 0 atom stereocenters. The van der Waals surface area contributed by atoms with Crippen molar-refractivity contribution in [2.24, 2.45) is 4.99 Å². The summed E-state index contributed by atoms with van der Waals surface area (Å²) in [4.78, 5) is 15.0. The summed E-state index contributed by atoms with van der Waals surface area (Å²) in [6.07, 6.45) is 9.71. The van der Waals surface area contributed by atoms with Crippen molar-refractivity contribution in [1.82, 2.24) is 40.2 Å². The predicted octanol–water partition coefficient (Wildman–Crippen LogP) is 7.27. The maximum Gasteiger partial charge on any atom is 0.173 e. The van der Waals surface area contributed by atoms with Crippen molar-refractivity contribution in [2.45, 2.75) is 32.5 Å². The Morgan fingerprint density at radius 1 is 0.887 bits per heavy atom. The average molecular weight is 739 g/mol. The lowest BCUT2D eigenvalue weighted by Crippen LogP contribution is -2.38. The van der Waals surface area contributed by atoms with E-state index in [1.807, 2.05) is 102 Å². The predicted molar refractivity (Wildman–Crippen MR) is 217 cm³/mol. The molecule has 0 spiro atoms. The molecule has 0 unspecified atom stereocenters. The number of hydrogen-bond acceptors (Lipinski definition) is 9. The standard InChI is InChI=1S/C17H18N4O.C16H15N5S.C7H5NS/c1-22-14-4-2-12(3-5-14)11-21-17-16(10-20-21)15-6-7-18-8-13(15)9-19-17;22-16(19-12-4-2-1-3-5-12)21-7-6-13-11(10-21)8-17-15-14(13)9-18-20-15;9-6-8-7-4-2-1-3-5-7/h2-5,9-10,18H,6-8,11H2,1H3;1-5,8-9H,6-7,10H2,(H,19,22)(H,17,18,20);1-5H. The number of pyridine rings is 2. The maximum atomic E-state index is 5.54. The second-order valence-corrected chi connectivity index (χ2v) is 13.0. The molecule has 0 saturated carbocycles. The molecule has 3 aromatic carbocycles. The summed E-state index contributed by atoms with van der Waals surface area (Å²) in [6.45, 7) is 4.33. The van der Waals surface area contributed by atoms with Gasteiger partial charge in [0.1, 0.15) is 5.75 Å². The number of ether oxygens (including phenoxy) is 1. The topological polar surface area (TPSA) is 121 Å². The monoisotopic (exact) mass is 738 g/mol. The lowest BCUT2D eigenvalue weighted by atomic mass is 9.99. The van der Waals surface area contributed by atoms with Crippen molar-refractivity contribution >= 4 is 68.2 Å². The van der Waals surface area contributed by atoms with Crippen LogP contribution in [0.25, 0.3) is 22.1 Å². The molecule has 266 valence electrons. The van der Waals surface area contributed by atoms with E-state index in [2.05, 4.69) is 75.3 Å². The third-order valence-corrected chi connectivity index (χ3v) is 9.59. The van der Waals surface area contributed by atoms with Crippen LogP contribution < -0.4 is 15.4 Å². The third-order valence-electron chi connectivity index (χ3n) is 9.14. The van der Waals surface area contributed by atoms with Crippen molar-refractivity contribution in [3.05, 3.63) is 138 Å². The fourth-order valence-corrected chi connectivity index (χ4v) is 6.81. The second kappa shape index (κ2) is 17.1. The van der Waals surface area contributed by atoms with Crippen LogP contribution in [0.3, 0.4) is 0 Å². The summed E-state index contributed by atoms with van der Waals surface area (Å²) >= 11 is 9.96. The van der Waals surface area contributed by atoms with Crippen LogP contribution in [0.15, 0.2) is 115 Å². The second-order valence-electron chi connectivity index (χ2n) is 12.5. The molecule has 0 radical (unpaired) electrons. The highest BCUT2D eigenvalue weighted by Gasteiger charge is 2.21.